The minimum absolute atomic E-state index is 0.634. The Balaban J connectivity index is 3.00. The maximum atomic E-state index is 3.60. The number of benzene rings is 1. The highest BCUT2D eigenvalue weighted by Crippen LogP contribution is 2.27. The van der Waals surface area contributed by atoms with E-state index < -0.39 is 0 Å². The van der Waals surface area contributed by atoms with Crippen LogP contribution in [0.2, 0.25) is 0 Å². The van der Waals surface area contributed by atoms with Gasteiger partial charge in [-0.05, 0) is 42.4 Å². The molecule has 1 aromatic carbocycles. The van der Waals surface area contributed by atoms with Crippen LogP contribution in [-0.4, -0.2) is 5.33 Å². The topological polar surface area (TPSA) is 0 Å². The third kappa shape index (κ3) is 2.60. The van der Waals surface area contributed by atoms with Gasteiger partial charge in [0.15, 0.2) is 0 Å². The van der Waals surface area contributed by atoms with E-state index in [0.29, 0.717) is 11.8 Å². The molecule has 1 unspecified atom stereocenters. The summed E-state index contributed by atoms with van der Waals surface area (Å²) in [4.78, 5) is 0. The van der Waals surface area contributed by atoms with Gasteiger partial charge in [-0.1, -0.05) is 48.0 Å². The van der Waals surface area contributed by atoms with Crippen molar-refractivity contribution in [1.29, 1.82) is 0 Å². The Morgan fingerprint density at radius 3 is 2.21 bits per heavy atom. The lowest BCUT2D eigenvalue weighted by atomic mass is 9.89. The summed E-state index contributed by atoms with van der Waals surface area (Å²) >= 11 is 3.60. The molecule has 0 aromatic heterocycles. The largest absolute Gasteiger partial charge is 0.0921 e. The standard InChI is InChI=1S/C13H19Br/c1-9(2)13(8-14)12-6-5-10(3)11(4)7-12/h5-7,9,13H,8H2,1-4H3. The number of alkyl halides is 1. The lowest BCUT2D eigenvalue weighted by Crippen LogP contribution is -2.08. The van der Waals surface area contributed by atoms with Crippen molar-refractivity contribution in [3.8, 4) is 0 Å². The fourth-order valence-corrected chi connectivity index (χ4v) is 2.77. The van der Waals surface area contributed by atoms with Crippen molar-refractivity contribution in [1.82, 2.24) is 0 Å². The summed E-state index contributed by atoms with van der Waals surface area (Å²) in [6, 6.07) is 6.80. The lowest BCUT2D eigenvalue weighted by Gasteiger charge is -2.19. The summed E-state index contributed by atoms with van der Waals surface area (Å²) < 4.78 is 0. The fraction of sp³-hybridized carbons (Fsp3) is 0.538. The number of halogens is 1. The van der Waals surface area contributed by atoms with Gasteiger partial charge in [-0.3, -0.25) is 0 Å². The van der Waals surface area contributed by atoms with Crippen molar-refractivity contribution in [3.05, 3.63) is 34.9 Å². The molecule has 0 spiro atoms. The molecule has 0 radical (unpaired) electrons. The second-order valence-electron chi connectivity index (χ2n) is 4.35. The number of aryl methyl sites for hydroxylation is 2. The van der Waals surface area contributed by atoms with Crippen LogP contribution in [0.1, 0.15) is 36.5 Å². The first kappa shape index (κ1) is 11.8. The molecule has 0 aliphatic carbocycles. The van der Waals surface area contributed by atoms with Gasteiger partial charge in [0, 0.05) is 5.33 Å². The van der Waals surface area contributed by atoms with E-state index >= 15 is 0 Å². The van der Waals surface area contributed by atoms with Gasteiger partial charge in [0.1, 0.15) is 0 Å². The Labute approximate surface area is 95.9 Å². The van der Waals surface area contributed by atoms with Crippen LogP contribution in [-0.2, 0) is 0 Å². The average molecular weight is 255 g/mol. The summed E-state index contributed by atoms with van der Waals surface area (Å²) in [7, 11) is 0. The molecule has 1 aromatic rings. The molecule has 0 saturated carbocycles. The van der Waals surface area contributed by atoms with Crippen molar-refractivity contribution in [3.63, 3.8) is 0 Å². The van der Waals surface area contributed by atoms with Gasteiger partial charge in [-0.2, -0.15) is 0 Å². The second-order valence-corrected chi connectivity index (χ2v) is 5.00. The zero-order valence-corrected chi connectivity index (χ0v) is 11.1. The molecule has 14 heavy (non-hydrogen) atoms. The first-order valence-electron chi connectivity index (χ1n) is 5.19. The normalized spacial score (nSPS) is 13.3. The highest BCUT2D eigenvalue weighted by molar-refractivity contribution is 9.09. The van der Waals surface area contributed by atoms with E-state index in [1.165, 1.54) is 16.7 Å². The molecule has 0 saturated heterocycles. The third-order valence-corrected chi connectivity index (χ3v) is 3.63. The first-order valence-corrected chi connectivity index (χ1v) is 6.31. The summed E-state index contributed by atoms with van der Waals surface area (Å²) in [5.41, 5.74) is 4.24. The number of hydrogen-bond acceptors (Lipinski definition) is 0. The van der Waals surface area contributed by atoms with E-state index in [9.17, 15) is 0 Å². The number of rotatable bonds is 3. The van der Waals surface area contributed by atoms with Gasteiger partial charge >= 0.3 is 0 Å². The van der Waals surface area contributed by atoms with E-state index in [-0.39, 0.29) is 0 Å². The highest BCUT2D eigenvalue weighted by Gasteiger charge is 2.14. The Morgan fingerprint density at radius 1 is 1.14 bits per heavy atom. The number of hydrogen-bond donors (Lipinski definition) is 0. The van der Waals surface area contributed by atoms with Gasteiger partial charge in [0.05, 0.1) is 0 Å². The molecule has 0 bridgehead atoms. The Kier molecular flexibility index (Phi) is 4.18. The third-order valence-electron chi connectivity index (χ3n) is 2.93. The van der Waals surface area contributed by atoms with Crippen molar-refractivity contribution >= 4 is 15.9 Å². The van der Waals surface area contributed by atoms with Crippen LogP contribution in [0.15, 0.2) is 18.2 Å². The predicted molar refractivity (Wildman–Crippen MR) is 67.3 cm³/mol. The highest BCUT2D eigenvalue weighted by atomic mass is 79.9. The van der Waals surface area contributed by atoms with E-state index in [2.05, 4.69) is 61.8 Å². The maximum absolute atomic E-state index is 3.60. The Morgan fingerprint density at radius 2 is 1.79 bits per heavy atom. The molecule has 1 heteroatoms. The Bertz CT molecular complexity index is 302. The van der Waals surface area contributed by atoms with Crippen LogP contribution in [0.5, 0.6) is 0 Å². The molecule has 1 rings (SSSR count). The van der Waals surface area contributed by atoms with E-state index in [0.717, 1.165) is 5.33 Å². The SMILES string of the molecule is Cc1ccc(C(CBr)C(C)C)cc1C. The summed E-state index contributed by atoms with van der Waals surface area (Å²) in [6.45, 7) is 8.91. The summed E-state index contributed by atoms with van der Waals surface area (Å²) in [5, 5.41) is 1.05. The molecule has 0 fully saturated rings. The van der Waals surface area contributed by atoms with Crippen molar-refractivity contribution in [2.75, 3.05) is 5.33 Å². The van der Waals surface area contributed by atoms with Crippen molar-refractivity contribution in [2.24, 2.45) is 5.92 Å². The maximum Gasteiger partial charge on any atom is 0.0103 e. The molecule has 1 atom stereocenters. The molecular formula is C13H19Br. The molecule has 0 heterocycles. The first-order chi connectivity index (χ1) is 6.56. The zero-order chi connectivity index (χ0) is 10.7. The molecule has 0 nitrogen and oxygen atoms in total. The average Bonchev–Trinajstić information content (AvgIpc) is 2.11. The predicted octanol–water partition coefficient (Wildman–Crippen LogP) is 4.44. The lowest BCUT2D eigenvalue weighted by molar-refractivity contribution is 0.544. The monoisotopic (exact) mass is 254 g/mol. The minimum atomic E-state index is 0.634. The van der Waals surface area contributed by atoms with E-state index in [4.69, 9.17) is 0 Å². The van der Waals surface area contributed by atoms with Crippen LogP contribution in [0.3, 0.4) is 0 Å². The quantitative estimate of drug-likeness (QED) is 0.700. The van der Waals surface area contributed by atoms with Crippen LogP contribution in [0.4, 0.5) is 0 Å². The summed E-state index contributed by atoms with van der Waals surface area (Å²) in [5.74, 6) is 1.32. The van der Waals surface area contributed by atoms with Gasteiger partial charge in [0.25, 0.3) is 0 Å². The molecule has 78 valence electrons. The molecule has 0 aliphatic rings. The summed E-state index contributed by atoms with van der Waals surface area (Å²) in [6.07, 6.45) is 0. The van der Waals surface area contributed by atoms with Gasteiger partial charge in [-0.15, -0.1) is 0 Å². The van der Waals surface area contributed by atoms with Gasteiger partial charge in [0.2, 0.25) is 0 Å². The molecule has 0 amide bonds. The molecule has 0 N–H and O–H groups in total. The van der Waals surface area contributed by atoms with E-state index in [1.54, 1.807) is 0 Å². The second kappa shape index (κ2) is 4.97. The van der Waals surface area contributed by atoms with Crippen LogP contribution in [0, 0.1) is 19.8 Å². The molecule has 0 aliphatic heterocycles. The Hall–Kier alpha value is -0.300. The van der Waals surface area contributed by atoms with Crippen LogP contribution < -0.4 is 0 Å². The zero-order valence-electron chi connectivity index (χ0n) is 9.47. The van der Waals surface area contributed by atoms with Crippen LogP contribution in [0.25, 0.3) is 0 Å². The van der Waals surface area contributed by atoms with E-state index in [1.807, 2.05) is 0 Å². The van der Waals surface area contributed by atoms with Gasteiger partial charge < -0.3 is 0 Å². The van der Waals surface area contributed by atoms with Crippen molar-refractivity contribution in [2.45, 2.75) is 33.6 Å². The van der Waals surface area contributed by atoms with Crippen LogP contribution >= 0.6 is 15.9 Å². The molecular weight excluding hydrogens is 236 g/mol. The van der Waals surface area contributed by atoms with Crippen molar-refractivity contribution < 1.29 is 0 Å². The smallest absolute Gasteiger partial charge is 0.0103 e. The van der Waals surface area contributed by atoms with Gasteiger partial charge in [-0.25, -0.2) is 0 Å². The fourth-order valence-electron chi connectivity index (χ4n) is 1.65. The minimum Gasteiger partial charge on any atom is -0.0921 e.